The molecule has 0 saturated heterocycles. The number of ether oxygens (including phenoxy) is 2. The van der Waals surface area contributed by atoms with Gasteiger partial charge in [-0.3, -0.25) is 18.6 Å². The van der Waals surface area contributed by atoms with Crippen LogP contribution in [0, 0.1) is 0 Å². The van der Waals surface area contributed by atoms with Gasteiger partial charge in [-0.2, -0.15) is 0 Å². The van der Waals surface area contributed by atoms with E-state index in [1.54, 1.807) is 7.05 Å². The lowest BCUT2D eigenvalue weighted by Crippen LogP contribution is -2.29. The van der Waals surface area contributed by atoms with Gasteiger partial charge < -0.3 is 19.7 Å². The van der Waals surface area contributed by atoms with Gasteiger partial charge in [-0.05, 0) is 90.5 Å². The highest BCUT2D eigenvalue weighted by molar-refractivity contribution is 7.47. The van der Waals surface area contributed by atoms with Crippen molar-refractivity contribution in [3.8, 4) is 0 Å². The molecule has 0 heterocycles. The molecule has 0 saturated carbocycles. The van der Waals surface area contributed by atoms with Crippen molar-refractivity contribution < 1.29 is 37.6 Å². The van der Waals surface area contributed by atoms with E-state index in [2.05, 4.69) is 104 Å². The summed E-state index contributed by atoms with van der Waals surface area (Å²) in [5, 5.41) is 2.81. The zero-order valence-electron chi connectivity index (χ0n) is 33.9. The first-order valence-corrected chi connectivity index (χ1v) is 22.0. The predicted molar refractivity (Wildman–Crippen MR) is 224 cm³/mol. The molecule has 2 unspecified atom stereocenters. The SMILES string of the molecule is CC/C=C\C/C=C\C/C=C\C/C=C\CCCCCCC(=O)OC(COC(=O)CCCCCCC/C=C\C/C=C\C/C=C\CC)COP(=O)(O)OCCNC. The Morgan fingerprint density at radius 2 is 1.00 bits per heavy atom. The maximum Gasteiger partial charge on any atom is 0.472 e. The maximum absolute atomic E-state index is 12.6. The van der Waals surface area contributed by atoms with E-state index in [4.69, 9.17) is 18.5 Å². The van der Waals surface area contributed by atoms with Crippen molar-refractivity contribution in [2.24, 2.45) is 0 Å². The van der Waals surface area contributed by atoms with Crippen LogP contribution >= 0.6 is 7.82 Å². The minimum Gasteiger partial charge on any atom is -0.462 e. The van der Waals surface area contributed by atoms with E-state index >= 15 is 0 Å². The van der Waals surface area contributed by atoms with Gasteiger partial charge in [0.1, 0.15) is 6.61 Å². The molecule has 2 N–H and O–H groups in total. The molecule has 0 rings (SSSR count). The zero-order valence-corrected chi connectivity index (χ0v) is 34.8. The summed E-state index contributed by atoms with van der Waals surface area (Å²) >= 11 is 0. The number of phosphoric ester groups is 1. The Hall–Kier alpha value is -2.81. The quantitative estimate of drug-likeness (QED) is 0.0275. The van der Waals surface area contributed by atoms with E-state index in [1.807, 2.05) is 0 Å². The Labute approximate surface area is 328 Å². The second-order valence-electron chi connectivity index (χ2n) is 13.1. The van der Waals surface area contributed by atoms with Gasteiger partial charge in [0.25, 0.3) is 0 Å². The van der Waals surface area contributed by atoms with E-state index in [9.17, 15) is 19.0 Å². The first-order valence-electron chi connectivity index (χ1n) is 20.5. The number of esters is 2. The lowest BCUT2D eigenvalue weighted by molar-refractivity contribution is -0.161. The van der Waals surface area contributed by atoms with Crippen molar-refractivity contribution in [3.63, 3.8) is 0 Å². The second kappa shape index (κ2) is 39.9. The van der Waals surface area contributed by atoms with Gasteiger partial charge in [-0.25, -0.2) is 4.57 Å². The van der Waals surface area contributed by atoms with E-state index in [0.717, 1.165) is 103 Å². The first-order chi connectivity index (χ1) is 26.3. The molecule has 308 valence electrons. The largest absolute Gasteiger partial charge is 0.472 e. The lowest BCUT2D eigenvalue weighted by Gasteiger charge is -2.20. The molecule has 0 aliphatic rings. The molecule has 0 aliphatic heterocycles. The molecule has 0 spiro atoms. The minimum atomic E-state index is -4.36. The summed E-state index contributed by atoms with van der Waals surface area (Å²) in [6, 6.07) is 0. The summed E-state index contributed by atoms with van der Waals surface area (Å²) in [5.41, 5.74) is 0. The fourth-order valence-corrected chi connectivity index (χ4v) is 5.72. The average molecular weight is 776 g/mol. The standard InChI is InChI=1S/C44H74NO8P/c1-4-6-8-10-12-14-16-18-20-21-23-25-27-29-31-33-35-37-44(47)53-42(41-52-54(48,49)51-39-38-45-3)40-50-43(46)36-34-32-30-28-26-24-22-19-17-15-13-11-9-7-5-2/h6-9,12-15,18-20,22-23,25,42,45H,4-5,10-11,16-17,21,24,26-41H2,1-3H3,(H,48,49)/b8-6-,9-7-,14-12-,15-13-,20-18-,22-19-,25-23-. The van der Waals surface area contributed by atoms with Crippen LogP contribution in [0.2, 0.25) is 0 Å². The lowest BCUT2D eigenvalue weighted by atomic mass is 10.1. The van der Waals surface area contributed by atoms with Gasteiger partial charge in [0, 0.05) is 19.4 Å². The van der Waals surface area contributed by atoms with Crippen molar-refractivity contribution in [3.05, 3.63) is 85.1 Å². The van der Waals surface area contributed by atoms with Crippen LogP contribution in [0.15, 0.2) is 85.1 Å². The molecule has 0 aromatic rings. The smallest absolute Gasteiger partial charge is 0.462 e. The number of allylic oxidation sites excluding steroid dienone is 14. The minimum absolute atomic E-state index is 0.0300. The molecule has 10 heteroatoms. The number of phosphoric acid groups is 1. The molecule has 9 nitrogen and oxygen atoms in total. The monoisotopic (exact) mass is 776 g/mol. The fourth-order valence-electron chi connectivity index (χ4n) is 4.97. The highest BCUT2D eigenvalue weighted by atomic mass is 31.2. The van der Waals surface area contributed by atoms with E-state index in [-0.39, 0.29) is 26.1 Å². The Morgan fingerprint density at radius 3 is 1.48 bits per heavy atom. The fraction of sp³-hybridized carbons (Fsp3) is 0.636. The topological polar surface area (TPSA) is 120 Å². The number of hydrogen-bond acceptors (Lipinski definition) is 8. The summed E-state index contributed by atoms with van der Waals surface area (Å²) in [6.45, 7) is 3.92. The van der Waals surface area contributed by atoms with Gasteiger partial charge >= 0.3 is 19.8 Å². The third-order valence-corrected chi connectivity index (χ3v) is 8.99. The maximum atomic E-state index is 12.6. The highest BCUT2D eigenvalue weighted by Crippen LogP contribution is 2.43. The number of likely N-dealkylation sites (N-methyl/N-ethyl adjacent to an activating group) is 1. The van der Waals surface area contributed by atoms with Crippen molar-refractivity contribution in [2.45, 2.75) is 148 Å². The molecule has 0 radical (unpaired) electrons. The molecule has 0 amide bonds. The molecule has 2 atom stereocenters. The summed E-state index contributed by atoms with van der Waals surface area (Å²) in [5.74, 6) is -0.864. The number of carbonyl (C=O) groups is 2. The van der Waals surface area contributed by atoms with Crippen LogP contribution in [-0.4, -0.2) is 56.3 Å². The highest BCUT2D eigenvalue weighted by Gasteiger charge is 2.26. The molecule has 0 aliphatic carbocycles. The van der Waals surface area contributed by atoms with Gasteiger partial charge in [0.15, 0.2) is 6.10 Å². The molecular formula is C44H74NO8P. The van der Waals surface area contributed by atoms with Gasteiger partial charge in [0.05, 0.1) is 13.2 Å². The Kier molecular flexibility index (Phi) is 37.8. The Morgan fingerprint density at radius 1 is 0.574 bits per heavy atom. The van der Waals surface area contributed by atoms with Crippen LogP contribution in [-0.2, 0) is 32.7 Å². The van der Waals surface area contributed by atoms with Crippen LogP contribution in [0.5, 0.6) is 0 Å². The van der Waals surface area contributed by atoms with E-state index < -0.39 is 32.5 Å². The van der Waals surface area contributed by atoms with E-state index in [0.29, 0.717) is 19.4 Å². The Bertz CT molecular complexity index is 1160. The number of hydrogen-bond donors (Lipinski definition) is 2. The van der Waals surface area contributed by atoms with Gasteiger partial charge in [-0.1, -0.05) is 131 Å². The van der Waals surface area contributed by atoms with Crippen LogP contribution < -0.4 is 5.32 Å². The van der Waals surface area contributed by atoms with Crippen molar-refractivity contribution in [1.82, 2.24) is 5.32 Å². The molecular weight excluding hydrogens is 701 g/mol. The van der Waals surface area contributed by atoms with Crippen molar-refractivity contribution in [1.29, 1.82) is 0 Å². The van der Waals surface area contributed by atoms with Crippen LogP contribution in [0.1, 0.15) is 142 Å². The van der Waals surface area contributed by atoms with E-state index in [1.165, 1.54) is 0 Å². The van der Waals surface area contributed by atoms with Gasteiger partial charge in [0.2, 0.25) is 0 Å². The summed E-state index contributed by atoms with van der Waals surface area (Å²) in [6.07, 6.45) is 47.7. The summed E-state index contributed by atoms with van der Waals surface area (Å²) in [7, 11) is -2.67. The van der Waals surface area contributed by atoms with Crippen LogP contribution in [0.4, 0.5) is 0 Å². The average Bonchev–Trinajstić information content (AvgIpc) is 3.15. The van der Waals surface area contributed by atoms with Crippen LogP contribution in [0.3, 0.4) is 0 Å². The van der Waals surface area contributed by atoms with Crippen molar-refractivity contribution in [2.75, 3.05) is 33.4 Å². The molecule has 0 fully saturated rings. The summed E-state index contributed by atoms with van der Waals surface area (Å²) < 4.78 is 33.1. The molecule has 0 aromatic carbocycles. The van der Waals surface area contributed by atoms with Gasteiger partial charge in [-0.15, -0.1) is 0 Å². The summed E-state index contributed by atoms with van der Waals surface area (Å²) in [4.78, 5) is 35.0. The third-order valence-electron chi connectivity index (χ3n) is 8.01. The number of rotatable bonds is 37. The Balaban J connectivity index is 4.35. The molecule has 54 heavy (non-hydrogen) atoms. The number of unbranched alkanes of at least 4 members (excludes halogenated alkanes) is 9. The first kappa shape index (κ1) is 51.2. The number of carbonyl (C=O) groups excluding carboxylic acids is 2. The number of nitrogens with one attached hydrogen (secondary N) is 1. The second-order valence-corrected chi connectivity index (χ2v) is 14.5. The molecule has 0 aromatic heterocycles. The third kappa shape index (κ3) is 38.9. The zero-order chi connectivity index (χ0) is 39.6. The van der Waals surface area contributed by atoms with Crippen molar-refractivity contribution >= 4 is 19.8 Å². The predicted octanol–water partition coefficient (Wildman–Crippen LogP) is 11.5. The van der Waals surface area contributed by atoms with Crippen LogP contribution in [0.25, 0.3) is 0 Å². The molecule has 0 bridgehead atoms. The normalized spacial score (nSPS) is 14.2.